The maximum absolute atomic E-state index is 12.7. The van der Waals surface area contributed by atoms with Crippen LogP contribution in [0.4, 0.5) is 4.79 Å². The van der Waals surface area contributed by atoms with E-state index in [-0.39, 0.29) is 25.1 Å². The number of carbonyl (C=O) groups is 3. The average Bonchev–Trinajstić information content (AvgIpc) is 2.78. The molecule has 0 saturated carbocycles. The number of likely N-dealkylation sites (tertiary alicyclic amines) is 1. The summed E-state index contributed by atoms with van der Waals surface area (Å²) in [5.74, 6) is 0.584. The summed E-state index contributed by atoms with van der Waals surface area (Å²) in [5, 5.41) is 2.72. The third-order valence-corrected chi connectivity index (χ3v) is 4.78. The molecule has 0 unspecified atom stereocenters. The Kier molecular flexibility index (Phi) is 9.93. The Balaban J connectivity index is 1.76. The van der Waals surface area contributed by atoms with Gasteiger partial charge in [-0.05, 0) is 44.7 Å². The molecule has 0 atom stereocenters. The fourth-order valence-corrected chi connectivity index (χ4v) is 3.13. The van der Waals surface area contributed by atoms with E-state index in [0.29, 0.717) is 36.6 Å². The number of urea groups is 1. The monoisotopic (exact) mass is 434 g/mol. The van der Waals surface area contributed by atoms with Crippen LogP contribution in [-0.2, 0) is 9.53 Å². The lowest BCUT2D eigenvalue weighted by atomic mass is 10.1. The number of ether oxygens (including phenoxy) is 3. The predicted molar refractivity (Wildman–Crippen MR) is 115 cm³/mol. The van der Waals surface area contributed by atoms with Crippen LogP contribution in [-0.4, -0.2) is 81.3 Å². The fourth-order valence-electron chi connectivity index (χ4n) is 3.13. The Labute approximate surface area is 183 Å². The van der Waals surface area contributed by atoms with Gasteiger partial charge < -0.3 is 29.3 Å². The van der Waals surface area contributed by atoms with E-state index in [2.05, 4.69) is 11.7 Å². The quantitative estimate of drug-likeness (QED) is 0.447. The lowest BCUT2D eigenvalue weighted by Crippen LogP contribution is -2.41. The van der Waals surface area contributed by atoms with E-state index in [9.17, 15) is 14.4 Å². The highest BCUT2D eigenvalue weighted by Gasteiger charge is 2.21. The minimum absolute atomic E-state index is 0.0360. The standard InChI is InChI=1S/C22H32N3O6/c1-4-30-20(26)16-24(2)22(28)23-11-8-14-31-17-9-10-18(19(15-17)29-3)21(27)25-12-6-5-7-13-25/h5,9-10,15H,4,6-8,11-14,16H2,1-3H3,(H,23,28). The first-order valence-corrected chi connectivity index (χ1v) is 10.5. The number of nitrogens with zero attached hydrogens (tertiary/aromatic N) is 2. The van der Waals surface area contributed by atoms with Crippen molar-refractivity contribution in [3.63, 3.8) is 0 Å². The Morgan fingerprint density at radius 2 is 1.94 bits per heavy atom. The van der Waals surface area contributed by atoms with Crippen LogP contribution in [0, 0.1) is 6.42 Å². The number of likely N-dealkylation sites (N-methyl/N-ethyl adjacent to an activating group) is 1. The molecular formula is C22H32N3O6. The molecule has 1 saturated heterocycles. The van der Waals surface area contributed by atoms with Crippen LogP contribution < -0.4 is 14.8 Å². The lowest BCUT2D eigenvalue weighted by Gasteiger charge is -2.27. The summed E-state index contributed by atoms with van der Waals surface area (Å²) in [7, 11) is 3.06. The number of hydrogen-bond acceptors (Lipinski definition) is 6. The molecule has 9 heteroatoms. The summed E-state index contributed by atoms with van der Waals surface area (Å²) in [5.41, 5.74) is 0.522. The van der Waals surface area contributed by atoms with Crippen molar-refractivity contribution in [3.8, 4) is 11.5 Å². The Hall–Kier alpha value is -2.97. The highest BCUT2D eigenvalue weighted by molar-refractivity contribution is 5.97. The number of amides is 3. The number of benzene rings is 1. The van der Waals surface area contributed by atoms with Gasteiger partial charge in [0.05, 0.1) is 25.9 Å². The molecule has 1 N–H and O–H groups in total. The fraction of sp³-hybridized carbons (Fsp3) is 0.545. The SMILES string of the molecule is CCOC(=O)CN(C)C(=O)NCCCOc1ccc(C(=O)N2CC[CH]CC2)c(OC)c1. The predicted octanol–water partition coefficient (Wildman–Crippen LogP) is 2.11. The molecule has 171 valence electrons. The molecule has 1 fully saturated rings. The molecule has 0 aliphatic carbocycles. The first-order valence-electron chi connectivity index (χ1n) is 10.5. The van der Waals surface area contributed by atoms with Crippen molar-refractivity contribution in [1.82, 2.24) is 15.1 Å². The van der Waals surface area contributed by atoms with E-state index in [1.807, 2.05) is 4.90 Å². The summed E-state index contributed by atoms with van der Waals surface area (Å²) in [6, 6.07) is 4.82. The molecule has 0 aromatic heterocycles. The van der Waals surface area contributed by atoms with Crippen molar-refractivity contribution in [2.24, 2.45) is 0 Å². The zero-order chi connectivity index (χ0) is 22.6. The van der Waals surface area contributed by atoms with E-state index >= 15 is 0 Å². The van der Waals surface area contributed by atoms with Gasteiger partial charge in [-0.15, -0.1) is 0 Å². The van der Waals surface area contributed by atoms with Crippen LogP contribution in [0.1, 0.15) is 36.5 Å². The van der Waals surface area contributed by atoms with Crippen molar-refractivity contribution in [3.05, 3.63) is 30.2 Å². The van der Waals surface area contributed by atoms with Gasteiger partial charge in [0, 0.05) is 32.7 Å². The molecule has 1 aromatic rings. The summed E-state index contributed by atoms with van der Waals surface area (Å²) >= 11 is 0. The molecule has 0 spiro atoms. The number of rotatable bonds is 10. The highest BCUT2D eigenvalue weighted by Crippen LogP contribution is 2.27. The normalized spacial score (nSPS) is 13.3. The third-order valence-electron chi connectivity index (χ3n) is 4.78. The van der Waals surface area contributed by atoms with Gasteiger partial charge in [0.2, 0.25) is 0 Å². The van der Waals surface area contributed by atoms with Crippen LogP contribution >= 0.6 is 0 Å². The topological polar surface area (TPSA) is 97.4 Å². The Morgan fingerprint density at radius 3 is 2.61 bits per heavy atom. The number of methoxy groups -OCH3 is 1. The molecule has 2 rings (SSSR count). The summed E-state index contributed by atoms with van der Waals surface area (Å²) in [6.45, 7) is 4.11. The van der Waals surface area contributed by atoms with Crippen LogP contribution in [0.5, 0.6) is 11.5 Å². The van der Waals surface area contributed by atoms with E-state index in [1.54, 1.807) is 25.1 Å². The van der Waals surface area contributed by atoms with Crippen molar-refractivity contribution in [1.29, 1.82) is 0 Å². The first kappa shape index (κ1) is 24.3. The van der Waals surface area contributed by atoms with E-state index in [4.69, 9.17) is 14.2 Å². The van der Waals surface area contributed by atoms with Gasteiger partial charge in [-0.2, -0.15) is 0 Å². The van der Waals surface area contributed by atoms with E-state index in [1.165, 1.54) is 19.1 Å². The average molecular weight is 435 g/mol. The Bertz CT molecular complexity index is 749. The van der Waals surface area contributed by atoms with Gasteiger partial charge in [0.15, 0.2) is 0 Å². The van der Waals surface area contributed by atoms with Crippen molar-refractivity contribution in [2.45, 2.75) is 26.2 Å². The molecule has 1 aliphatic heterocycles. The van der Waals surface area contributed by atoms with E-state index < -0.39 is 5.97 Å². The second-order valence-electron chi connectivity index (χ2n) is 7.12. The van der Waals surface area contributed by atoms with Crippen LogP contribution in [0.15, 0.2) is 18.2 Å². The minimum Gasteiger partial charge on any atom is -0.496 e. The molecule has 9 nitrogen and oxygen atoms in total. The van der Waals surface area contributed by atoms with E-state index in [0.717, 1.165) is 25.9 Å². The Morgan fingerprint density at radius 1 is 1.19 bits per heavy atom. The van der Waals surface area contributed by atoms with Crippen LogP contribution in [0.3, 0.4) is 0 Å². The van der Waals surface area contributed by atoms with Crippen molar-refractivity contribution < 1.29 is 28.6 Å². The lowest BCUT2D eigenvalue weighted by molar-refractivity contribution is -0.143. The van der Waals surface area contributed by atoms with Gasteiger partial charge in [0.25, 0.3) is 5.91 Å². The largest absolute Gasteiger partial charge is 0.496 e. The van der Waals surface area contributed by atoms with Crippen LogP contribution in [0.25, 0.3) is 0 Å². The molecule has 31 heavy (non-hydrogen) atoms. The number of hydrogen-bond donors (Lipinski definition) is 1. The molecule has 0 bridgehead atoms. The molecule has 1 aliphatic rings. The number of nitrogens with one attached hydrogen (secondary N) is 1. The van der Waals surface area contributed by atoms with Gasteiger partial charge in [-0.3, -0.25) is 9.59 Å². The number of piperidine rings is 1. The maximum Gasteiger partial charge on any atom is 0.325 e. The number of esters is 1. The third kappa shape index (κ3) is 7.66. The molecule has 3 amide bonds. The zero-order valence-electron chi connectivity index (χ0n) is 18.5. The summed E-state index contributed by atoms with van der Waals surface area (Å²) in [6.07, 6.45) is 4.58. The summed E-state index contributed by atoms with van der Waals surface area (Å²) < 4.78 is 15.9. The second kappa shape index (κ2) is 12.7. The smallest absolute Gasteiger partial charge is 0.325 e. The summed E-state index contributed by atoms with van der Waals surface area (Å²) in [4.78, 5) is 39.2. The molecule has 1 radical (unpaired) electrons. The minimum atomic E-state index is -0.446. The van der Waals surface area contributed by atoms with Gasteiger partial charge in [-0.1, -0.05) is 0 Å². The molecule has 1 heterocycles. The van der Waals surface area contributed by atoms with Crippen molar-refractivity contribution in [2.75, 3.05) is 53.6 Å². The van der Waals surface area contributed by atoms with Gasteiger partial charge in [0.1, 0.15) is 18.0 Å². The first-order chi connectivity index (χ1) is 15.0. The van der Waals surface area contributed by atoms with Gasteiger partial charge >= 0.3 is 12.0 Å². The molecular weight excluding hydrogens is 402 g/mol. The van der Waals surface area contributed by atoms with Crippen molar-refractivity contribution >= 4 is 17.9 Å². The zero-order valence-corrected chi connectivity index (χ0v) is 18.5. The maximum atomic E-state index is 12.7. The second-order valence-corrected chi connectivity index (χ2v) is 7.12. The van der Waals surface area contributed by atoms with Crippen LogP contribution in [0.2, 0.25) is 0 Å². The van der Waals surface area contributed by atoms with Gasteiger partial charge in [-0.25, -0.2) is 4.79 Å². The highest BCUT2D eigenvalue weighted by atomic mass is 16.5. The number of carbonyl (C=O) groups excluding carboxylic acids is 3. The molecule has 1 aromatic carbocycles.